The largest absolute Gasteiger partial charge is 0.364 e. The van der Waals surface area contributed by atoms with Crippen LogP contribution in [0.15, 0.2) is 0 Å². The Hall–Kier alpha value is -1.83. The number of rotatable bonds is 3. The molecule has 0 bridgehead atoms. The Bertz CT molecular complexity index is 558. The van der Waals surface area contributed by atoms with Crippen molar-refractivity contribution < 1.29 is 4.79 Å². The van der Waals surface area contributed by atoms with E-state index in [1.54, 1.807) is 6.92 Å². The summed E-state index contributed by atoms with van der Waals surface area (Å²) in [5.41, 5.74) is 5.90. The maximum absolute atomic E-state index is 11.1. The van der Waals surface area contributed by atoms with Crippen LogP contribution in [0.2, 0.25) is 0 Å². The van der Waals surface area contributed by atoms with Crippen molar-refractivity contribution in [1.82, 2.24) is 25.2 Å². The summed E-state index contributed by atoms with van der Waals surface area (Å²) in [6.45, 7) is 5.79. The quantitative estimate of drug-likeness (QED) is 0.864. The van der Waals surface area contributed by atoms with Gasteiger partial charge in [0.1, 0.15) is 5.01 Å². The molecule has 0 aliphatic heterocycles. The van der Waals surface area contributed by atoms with E-state index >= 15 is 0 Å². The first kappa shape index (κ1) is 11.6. The third-order valence-corrected chi connectivity index (χ3v) is 3.43. The van der Waals surface area contributed by atoms with E-state index in [-0.39, 0.29) is 5.69 Å². The third kappa shape index (κ3) is 2.03. The lowest BCUT2D eigenvalue weighted by molar-refractivity contribution is 0.0995. The highest BCUT2D eigenvalue weighted by atomic mass is 32.1. The molecule has 2 heterocycles. The molecular formula is C9H12N6OS. The summed E-state index contributed by atoms with van der Waals surface area (Å²) >= 11 is 1.42. The molecule has 2 N–H and O–H groups in total. The normalized spacial score (nSPS) is 11.1. The van der Waals surface area contributed by atoms with Crippen molar-refractivity contribution in [2.45, 2.75) is 26.7 Å². The summed E-state index contributed by atoms with van der Waals surface area (Å²) in [6, 6.07) is 0. The van der Waals surface area contributed by atoms with Gasteiger partial charge in [0, 0.05) is 5.92 Å². The number of primary amides is 1. The van der Waals surface area contributed by atoms with Gasteiger partial charge in [0.25, 0.3) is 5.91 Å². The van der Waals surface area contributed by atoms with Crippen LogP contribution < -0.4 is 5.73 Å². The van der Waals surface area contributed by atoms with Crippen molar-refractivity contribution in [3.8, 4) is 5.13 Å². The zero-order valence-corrected chi connectivity index (χ0v) is 10.5. The number of hydrogen-bond donors (Lipinski definition) is 1. The average Bonchev–Trinajstić information content (AvgIpc) is 2.82. The molecule has 2 aromatic rings. The highest BCUT2D eigenvalue weighted by Crippen LogP contribution is 2.22. The molecule has 0 unspecified atom stereocenters. The molecule has 17 heavy (non-hydrogen) atoms. The predicted molar refractivity (Wildman–Crippen MR) is 62.2 cm³/mol. The molecule has 0 fully saturated rings. The minimum atomic E-state index is -0.595. The van der Waals surface area contributed by atoms with Gasteiger partial charge in [0.2, 0.25) is 5.13 Å². The van der Waals surface area contributed by atoms with Crippen molar-refractivity contribution in [2.24, 2.45) is 5.73 Å². The minimum absolute atomic E-state index is 0.159. The first-order chi connectivity index (χ1) is 8.00. The molecule has 0 aliphatic carbocycles. The lowest BCUT2D eigenvalue weighted by Crippen LogP contribution is -2.13. The van der Waals surface area contributed by atoms with Crippen LogP contribution >= 0.6 is 11.3 Å². The molecule has 1 amide bonds. The fourth-order valence-electron chi connectivity index (χ4n) is 1.28. The fraction of sp³-hybridized carbons (Fsp3) is 0.444. The van der Waals surface area contributed by atoms with Crippen LogP contribution in [-0.4, -0.2) is 31.1 Å². The van der Waals surface area contributed by atoms with E-state index in [9.17, 15) is 4.79 Å². The molecule has 0 radical (unpaired) electrons. The van der Waals surface area contributed by atoms with E-state index < -0.39 is 5.91 Å². The van der Waals surface area contributed by atoms with Crippen molar-refractivity contribution >= 4 is 17.2 Å². The van der Waals surface area contributed by atoms with E-state index in [1.807, 2.05) is 13.8 Å². The van der Waals surface area contributed by atoms with E-state index in [0.29, 0.717) is 16.7 Å². The van der Waals surface area contributed by atoms with Crippen molar-refractivity contribution in [3.05, 3.63) is 16.4 Å². The van der Waals surface area contributed by atoms with E-state index in [1.165, 1.54) is 16.0 Å². The number of carbonyl (C=O) groups excluding carboxylic acids is 1. The standard InChI is InChI=1S/C9H12N6OS/c1-4(2)8-12-13-9(17-8)15-5(3)6(7(10)16)11-14-15/h4H,1-3H3,(H2,10,16). The molecule has 0 atom stereocenters. The Morgan fingerprint density at radius 2 is 2.06 bits per heavy atom. The number of amides is 1. The lowest BCUT2D eigenvalue weighted by atomic mass is 10.2. The average molecular weight is 252 g/mol. The third-order valence-electron chi connectivity index (χ3n) is 2.23. The van der Waals surface area contributed by atoms with E-state index in [2.05, 4.69) is 20.5 Å². The molecular weight excluding hydrogens is 240 g/mol. The van der Waals surface area contributed by atoms with Crippen LogP contribution in [0.1, 0.15) is 41.0 Å². The Morgan fingerprint density at radius 3 is 2.53 bits per heavy atom. The molecule has 2 rings (SSSR count). The first-order valence-corrected chi connectivity index (χ1v) is 5.88. The van der Waals surface area contributed by atoms with Crippen molar-refractivity contribution in [3.63, 3.8) is 0 Å². The molecule has 0 saturated carbocycles. The van der Waals surface area contributed by atoms with E-state index in [0.717, 1.165) is 5.01 Å². The van der Waals surface area contributed by atoms with Crippen LogP contribution in [0.25, 0.3) is 5.13 Å². The van der Waals surface area contributed by atoms with Crippen molar-refractivity contribution in [2.75, 3.05) is 0 Å². The number of aromatic nitrogens is 5. The monoisotopic (exact) mass is 252 g/mol. The molecule has 2 aromatic heterocycles. The SMILES string of the molecule is Cc1c(C(N)=O)nnn1-c1nnc(C(C)C)s1. The van der Waals surface area contributed by atoms with Gasteiger partial charge in [-0.05, 0) is 6.92 Å². The molecule has 7 nitrogen and oxygen atoms in total. The predicted octanol–water partition coefficient (Wildman–Crippen LogP) is 0.650. The Balaban J connectivity index is 2.43. The molecule has 8 heteroatoms. The molecule has 0 saturated heterocycles. The number of hydrogen-bond acceptors (Lipinski definition) is 6. The summed E-state index contributed by atoms with van der Waals surface area (Å²) in [4.78, 5) is 11.1. The van der Waals surface area contributed by atoms with Crippen LogP contribution in [-0.2, 0) is 0 Å². The van der Waals surface area contributed by atoms with Gasteiger partial charge >= 0.3 is 0 Å². The molecule has 90 valence electrons. The highest BCUT2D eigenvalue weighted by molar-refractivity contribution is 7.13. The Morgan fingerprint density at radius 1 is 1.35 bits per heavy atom. The van der Waals surface area contributed by atoms with E-state index in [4.69, 9.17) is 5.73 Å². The van der Waals surface area contributed by atoms with Crippen LogP contribution in [0.4, 0.5) is 0 Å². The van der Waals surface area contributed by atoms with Gasteiger partial charge in [0.05, 0.1) is 5.69 Å². The van der Waals surface area contributed by atoms with Gasteiger partial charge in [-0.25, -0.2) is 0 Å². The van der Waals surface area contributed by atoms with Crippen LogP contribution in [0.3, 0.4) is 0 Å². The van der Waals surface area contributed by atoms with Crippen LogP contribution in [0, 0.1) is 6.92 Å². The van der Waals surface area contributed by atoms with Gasteiger partial charge in [-0.3, -0.25) is 4.79 Å². The zero-order valence-electron chi connectivity index (χ0n) is 9.71. The summed E-state index contributed by atoms with van der Waals surface area (Å²) < 4.78 is 1.48. The zero-order chi connectivity index (χ0) is 12.6. The second-order valence-corrected chi connectivity index (χ2v) is 4.86. The summed E-state index contributed by atoms with van der Waals surface area (Å²) in [6.07, 6.45) is 0. The molecule has 0 aromatic carbocycles. The van der Waals surface area contributed by atoms with Gasteiger partial charge < -0.3 is 5.73 Å². The Labute approximate surface area is 102 Å². The Kier molecular flexibility index (Phi) is 2.88. The van der Waals surface area contributed by atoms with Gasteiger partial charge in [-0.15, -0.1) is 15.3 Å². The molecule has 0 spiro atoms. The summed E-state index contributed by atoms with van der Waals surface area (Å²) in [5.74, 6) is -0.289. The second kappa shape index (κ2) is 4.21. The summed E-state index contributed by atoms with van der Waals surface area (Å²) in [5, 5.41) is 17.1. The second-order valence-electron chi connectivity index (χ2n) is 3.88. The fourth-order valence-corrected chi connectivity index (χ4v) is 2.13. The van der Waals surface area contributed by atoms with Crippen LogP contribution in [0.5, 0.6) is 0 Å². The first-order valence-electron chi connectivity index (χ1n) is 5.06. The number of nitrogens with two attached hydrogens (primary N) is 1. The van der Waals surface area contributed by atoms with Crippen molar-refractivity contribution in [1.29, 1.82) is 0 Å². The lowest BCUT2D eigenvalue weighted by Gasteiger charge is -1.96. The minimum Gasteiger partial charge on any atom is -0.364 e. The number of nitrogens with zero attached hydrogens (tertiary/aromatic N) is 5. The molecule has 0 aliphatic rings. The van der Waals surface area contributed by atoms with Gasteiger partial charge in [0.15, 0.2) is 5.69 Å². The van der Waals surface area contributed by atoms with Gasteiger partial charge in [-0.2, -0.15) is 4.68 Å². The number of carbonyl (C=O) groups is 1. The van der Waals surface area contributed by atoms with Gasteiger partial charge in [-0.1, -0.05) is 30.4 Å². The topological polar surface area (TPSA) is 99.6 Å². The summed E-state index contributed by atoms with van der Waals surface area (Å²) in [7, 11) is 0. The maximum Gasteiger partial charge on any atom is 0.271 e. The smallest absolute Gasteiger partial charge is 0.271 e. The maximum atomic E-state index is 11.1. The highest BCUT2D eigenvalue weighted by Gasteiger charge is 2.17.